The summed E-state index contributed by atoms with van der Waals surface area (Å²) in [6, 6.07) is -2.49. The van der Waals surface area contributed by atoms with Crippen molar-refractivity contribution in [1.82, 2.24) is 15.1 Å². The van der Waals surface area contributed by atoms with E-state index in [1.165, 1.54) is 0 Å². The van der Waals surface area contributed by atoms with Gasteiger partial charge in [-0.05, 0) is 0 Å². The number of nitrogens with zero attached hydrogens (tertiary/aromatic N) is 2. The molecule has 0 aromatic heterocycles. The van der Waals surface area contributed by atoms with Crippen LogP contribution < -0.4 is 26.7 Å². The Morgan fingerprint density at radius 2 is 2.03 bits per heavy atom. The van der Waals surface area contributed by atoms with Gasteiger partial charge in [-0.25, -0.2) is 18.7 Å². The standard InChI is InChI=1S/C10H19N7O11S2/c11-7-14-6-3(1-5(18)27-16-29(21,22)23)13-8(12)17-2-4(28-30(24,25)26)10(19,20)9(6,17)15-7/h3-4,6,16,19-20,24-26H,1-2H2,(H2,12,13)(H3,11,14,15)(H,21,22,23)/t3-,4+,6-,9?/m0/s1. The van der Waals surface area contributed by atoms with Crippen LogP contribution in [0.5, 0.6) is 0 Å². The Morgan fingerprint density at radius 1 is 1.40 bits per heavy atom. The molecule has 0 aliphatic carbocycles. The van der Waals surface area contributed by atoms with Crippen LogP contribution in [0.2, 0.25) is 0 Å². The van der Waals surface area contributed by atoms with Crippen molar-refractivity contribution in [2.45, 2.75) is 36.1 Å². The number of nitrogens with two attached hydrogens (primary N) is 2. The van der Waals surface area contributed by atoms with E-state index in [1.54, 1.807) is 0 Å². The summed E-state index contributed by atoms with van der Waals surface area (Å²) in [5, 5.41) is 24.2. The number of carbonyl (C=O) groups excluding carboxylic acids is 1. The van der Waals surface area contributed by atoms with Gasteiger partial charge in [0.15, 0.2) is 28.4 Å². The van der Waals surface area contributed by atoms with Crippen molar-refractivity contribution in [2.24, 2.45) is 16.5 Å². The second-order valence-corrected chi connectivity index (χ2v) is 8.79. The molecule has 3 rings (SSSR count). The van der Waals surface area contributed by atoms with Crippen LogP contribution in [0, 0.1) is 0 Å². The van der Waals surface area contributed by atoms with E-state index >= 15 is 0 Å². The Labute approximate surface area is 169 Å². The first-order chi connectivity index (χ1) is 13.6. The molecule has 172 valence electrons. The van der Waals surface area contributed by atoms with E-state index in [9.17, 15) is 28.0 Å². The van der Waals surface area contributed by atoms with Gasteiger partial charge < -0.3 is 25.3 Å². The lowest BCUT2D eigenvalue weighted by atomic mass is 9.84. The highest BCUT2D eigenvalue weighted by Crippen LogP contribution is 2.47. The number of rotatable bonds is 6. The van der Waals surface area contributed by atoms with Crippen LogP contribution in [0.15, 0.2) is 4.99 Å². The van der Waals surface area contributed by atoms with E-state index in [-0.39, 0.29) is 11.9 Å². The van der Waals surface area contributed by atoms with Gasteiger partial charge in [-0.1, -0.05) is 4.89 Å². The molecule has 3 heterocycles. The molecule has 0 saturated carbocycles. The minimum Gasteiger partial charge on any atom is -0.733 e. The van der Waals surface area contributed by atoms with Crippen LogP contribution in [-0.4, -0.2) is 95.8 Å². The Bertz CT molecular complexity index is 902. The summed E-state index contributed by atoms with van der Waals surface area (Å²) in [4.78, 5) is 24.7. The number of hydrogen-bond acceptors (Lipinski definition) is 16. The fraction of sp³-hybridized carbons (Fsp3) is 0.700. The average Bonchev–Trinajstić information content (AvgIpc) is 3.01. The maximum Gasteiger partial charge on any atom is 0.343 e. The zero-order chi connectivity index (χ0) is 22.7. The second-order valence-electron chi connectivity index (χ2n) is 6.59. The van der Waals surface area contributed by atoms with E-state index in [0.29, 0.717) is 0 Å². The Hall–Kier alpha value is -2.01. The Morgan fingerprint density at radius 3 is 2.60 bits per heavy atom. The highest BCUT2D eigenvalue weighted by molar-refractivity contribution is 8.15. The SMILES string of the molecule is NC1=N[C@@H](CC(=O)ONS(=O)(=O)[O-])[C@@H]2[NH+]=C(N)NC23N1C[C@@H](OS(O)(O)O)C3(O)O. The molecular weight excluding hydrogens is 458 g/mol. The first-order valence-electron chi connectivity index (χ1n) is 7.91. The molecule has 1 unspecified atom stereocenters. The Balaban J connectivity index is 1.92. The fourth-order valence-corrected chi connectivity index (χ4v) is 4.42. The molecule has 1 fully saturated rings. The van der Waals surface area contributed by atoms with Crippen molar-refractivity contribution in [3.05, 3.63) is 0 Å². The highest BCUT2D eigenvalue weighted by Gasteiger charge is 2.77. The molecule has 0 radical (unpaired) electrons. The number of nitrogens with one attached hydrogen (secondary N) is 3. The van der Waals surface area contributed by atoms with E-state index in [4.69, 9.17) is 25.1 Å². The molecule has 18 nitrogen and oxygen atoms in total. The smallest absolute Gasteiger partial charge is 0.343 e. The number of hydrogen-bond donors (Lipinski definition) is 10. The van der Waals surface area contributed by atoms with Crippen LogP contribution >= 0.6 is 11.2 Å². The van der Waals surface area contributed by atoms with Crippen LogP contribution in [0.25, 0.3) is 0 Å². The van der Waals surface area contributed by atoms with Gasteiger partial charge in [-0.15, -0.1) is 0 Å². The molecule has 3 aliphatic heterocycles. The van der Waals surface area contributed by atoms with Gasteiger partial charge in [0.2, 0.25) is 11.2 Å². The first kappa shape index (κ1) is 22.7. The van der Waals surface area contributed by atoms with Crippen molar-refractivity contribution in [3.8, 4) is 0 Å². The maximum atomic E-state index is 11.9. The van der Waals surface area contributed by atoms with E-state index in [0.717, 1.165) is 9.79 Å². The van der Waals surface area contributed by atoms with Gasteiger partial charge in [0, 0.05) is 0 Å². The van der Waals surface area contributed by atoms with Crippen molar-refractivity contribution in [3.63, 3.8) is 0 Å². The predicted octanol–water partition coefficient (Wildman–Crippen LogP) is -6.83. The third kappa shape index (κ3) is 3.84. The third-order valence-electron chi connectivity index (χ3n) is 4.71. The topological polar surface area (TPSA) is 300 Å². The van der Waals surface area contributed by atoms with Crippen molar-refractivity contribution in [2.75, 3.05) is 6.54 Å². The van der Waals surface area contributed by atoms with Crippen LogP contribution in [0.1, 0.15) is 6.42 Å². The monoisotopic (exact) mass is 477 g/mol. The summed E-state index contributed by atoms with van der Waals surface area (Å²) in [6.45, 7) is -0.510. The zero-order valence-electron chi connectivity index (χ0n) is 14.7. The summed E-state index contributed by atoms with van der Waals surface area (Å²) in [5.74, 6) is -4.84. The van der Waals surface area contributed by atoms with Crippen LogP contribution in [-0.2, 0) is 24.1 Å². The van der Waals surface area contributed by atoms with Gasteiger partial charge in [0.25, 0.3) is 11.4 Å². The maximum absolute atomic E-state index is 11.9. The van der Waals surface area contributed by atoms with Crippen molar-refractivity contribution < 1.29 is 55.6 Å². The highest BCUT2D eigenvalue weighted by atomic mass is 32.3. The third-order valence-corrected chi connectivity index (χ3v) is 5.49. The molecule has 0 bridgehead atoms. The molecule has 1 spiro atoms. The van der Waals surface area contributed by atoms with E-state index in [2.05, 4.69) is 24.3 Å². The predicted molar refractivity (Wildman–Crippen MR) is 93.0 cm³/mol. The summed E-state index contributed by atoms with van der Waals surface area (Å²) in [7, 11) is -5.08. The van der Waals surface area contributed by atoms with Gasteiger partial charge >= 0.3 is 11.9 Å². The van der Waals surface area contributed by atoms with Gasteiger partial charge in [0.1, 0.15) is 6.04 Å². The van der Waals surface area contributed by atoms with Crippen LogP contribution in [0.4, 0.5) is 0 Å². The lowest BCUT2D eigenvalue weighted by molar-refractivity contribution is -0.522. The minimum atomic E-state index is -5.08. The quantitative estimate of drug-likeness (QED) is 0.0965. The molecule has 1 saturated heterocycles. The molecule has 0 aromatic carbocycles. The summed E-state index contributed by atoms with van der Waals surface area (Å²) >= 11 is -4.62. The lowest BCUT2D eigenvalue weighted by Gasteiger charge is -2.45. The van der Waals surface area contributed by atoms with Crippen molar-refractivity contribution in [1.29, 1.82) is 0 Å². The number of carbonyl (C=O) groups is 1. The molecule has 20 heteroatoms. The number of guanidine groups is 2. The van der Waals surface area contributed by atoms with Crippen molar-refractivity contribution >= 4 is 39.3 Å². The minimum absolute atomic E-state index is 0.211. The molecule has 12 N–H and O–H groups in total. The van der Waals surface area contributed by atoms with Gasteiger partial charge in [-0.3, -0.25) is 38.3 Å². The largest absolute Gasteiger partial charge is 0.733 e. The fourth-order valence-electron chi connectivity index (χ4n) is 3.72. The van der Waals surface area contributed by atoms with Crippen LogP contribution in [0.3, 0.4) is 0 Å². The van der Waals surface area contributed by atoms with E-state index < -0.39 is 70.0 Å². The lowest BCUT2D eigenvalue weighted by Crippen LogP contribution is -2.89. The zero-order valence-corrected chi connectivity index (χ0v) is 16.3. The first-order valence-corrected chi connectivity index (χ1v) is 10.7. The number of aliphatic hydroxyl groups is 2. The summed E-state index contributed by atoms with van der Waals surface area (Å²) in [5.41, 5.74) is 9.50. The van der Waals surface area contributed by atoms with E-state index in [1.807, 2.05) is 0 Å². The second kappa shape index (κ2) is 7.01. The average molecular weight is 477 g/mol. The molecule has 0 aromatic rings. The summed E-state index contributed by atoms with van der Waals surface area (Å²) in [6.07, 6.45) is -2.55. The summed E-state index contributed by atoms with van der Waals surface area (Å²) < 4.78 is 63.6. The Kier molecular flexibility index (Phi) is 5.30. The van der Waals surface area contributed by atoms with Gasteiger partial charge in [0.05, 0.1) is 13.0 Å². The normalized spacial score (nSPS) is 33.1. The molecule has 3 aliphatic rings. The molecule has 0 amide bonds. The molecule has 4 atom stereocenters. The molecular formula is C10H19N7O11S2. The molecule has 30 heavy (non-hydrogen) atoms. The van der Waals surface area contributed by atoms with Gasteiger partial charge in [-0.2, -0.15) is 0 Å². The number of aliphatic imine (C=N–C) groups is 1.